The second-order valence-corrected chi connectivity index (χ2v) is 5.82. The molecule has 1 fully saturated rings. The second kappa shape index (κ2) is 4.93. The quantitative estimate of drug-likeness (QED) is 0.830. The Morgan fingerprint density at radius 1 is 1.45 bits per heavy atom. The molecule has 4 heteroatoms. The Morgan fingerprint density at radius 3 is 2.85 bits per heavy atom. The van der Waals surface area contributed by atoms with Crippen molar-refractivity contribution in [1.82, 2.24) is 5.32 Å². The molecule has 1 amide bonds. The minimum Gasteiger partial charge on any atom is -0.359 e. The van der Waals surface area contributed by atoms with Crippen molar-refractivity contribution >= 4 is 17.9 Å². The maximum absolute atomic E-state index is 11.5. The summed E-state index contributed by atoms with van der Waals surface area (Å²) in [5.41, 5.74) is 2.66. The second-order valence-electron chi connectivity index (χ2n) is 5.82. The molecule has 1 aromatic carbocycles. The molecule has 1 N–H and O–H groups in total. The zero-order valence-electron chi connectivity index (χ0n) is 11.8. The van der Waals surface area contributed by atoms with Gasteiger partial charge in [0.2, 0.25) is 5.91 Å². The van der Waals surface area contributed by atoms with E-state index in [2.05, 4.69) is 28.4 Å². The monoisotopic (exact) mass is 272 g/mol. The molecule has 0 bridgehead atoms. The van der Waals surface area contributed by atoms with Crippen molar-refractivity contribution in [3.05, 3.63) is 29.8 Å². The summed E-state index contributed by atoms with van der Waals surface area (Å²) < 4.78 is 0. The van der Waals surface area contributed by atoms with Crippen LogP contribution in [0.4, 0.5) is 5.69 Å². The molecule has 0 aromatic heterocycles. The van der Waals surface area contributed by atoms with Gasteiger partial charge < -0.3 is 15.0 Å². The van der Waals surface area contributed by atoms with Gasteiger partial charge in [0.25, 0.3) is 0 Å². The molecule has 3 rings (SSSR count). The summed E-state index contributed by atoms with van der Waals surface area (Å²) >= 11 is 0. The van der Waals surface area contributed by atoms with E-state index in [1.165, 1.54) is 11.3 Å². The van der Waals surface area contributed by atoms with E-state index in [4.69, 9.17) is 0 Å². The Bertz CT molecular complexity index is 537. The van der Waals surface area contributed by atoms with Crippen LogP contribution < -0.4 is 10.2 Å². The third-order valence-electron chi connectivity index (χ3n) is 4.54. The van der Waals surface area contributed by atoms with E-state index in [9.17, 15) is 9.59 Å². The van der Waals surface area contributed by atoms with Gasteiger partial charge >= 0.3 is 0 Å². The molecule has 1 aliphatic carbocycles. The third kappa shape index (κ3) is 2.09. The van der Waals surface area contributed by atoms with Crippen LogP contribution in [0.1, 0.15) is 31.2 Å². The number of hydrogen-bond acceptors (Lipinski definition) is 3. The lowest BCUT2D eigenvalue weighted by molar-refractivity contribution is -0.120. The van der Waals surface area contributed by atoms with Crippen molar-refractivity contribution in [1.29, 1.82) is 0 Å². The smallest absolute Gasteiger partial charge is 0.219 e. The molecule has 1 saturated carbocycles. The molecule has 2 aliphatic rings. The fourth-order valence-electron chi connectivity index (χ4n) is 3.34. The van der Waals surface area contributed by atoms with Gasteiger partial charge in [-0.15, -0.1) is 0 Å². The van der Waals surface area contributed by atoms with Gasteiger partial charge in [-0.25, -0.2) is 0 Å². The lowest BCUT2D eigenvalue weighted by atomic mass is 10.1. The van der Waals surface area contributed by atoms with E-state index in [-0.39, 0.29) is 17.5 Å². The summed E-state index contributed by atoms with van der Waals surface area (Å²) in [6.07, 6.45) is 5.31. The molecule has 1 atom stereocenters. The molecular formula is C16H20N2O2. The fraction of sp³-hybridized carbons (Fsp3) is 0.500. The minimum absolute atomic E-state index is 0.00539. The van der Waals surface area contributed by atoms with E-state index < -0.39 is 0 Å². The van der Waals surface area contributed by atoms with Gasteiger partial charge in [-0.1, -0.05) is 18.2 Å². The highest BCUT2D eigenvalue weighted by atomic mass is 16.1. The van der Waals surface area contributed by atoms with Crippen LogP contribution >= 0.6 is 0 Å². The van der Waals surface area contributed by atoms with Crippen LogP contribution in [-0.4, -0.2) is 30.8 Å². The molecule has 1 spiro atoms. The highest BCUT2D eigenvalue weighted by molar-refractivity contribution is 5.78. The van der Waals surface area contributed by atoms with Gasteiger partial charge in [0.15, 0.2) is 0 Å². The first-order valence-corrected chi connectivity index (χ1v) is 7.23. The van der Waals surface area contributed by atoms with Gasteiger partial charge in [-0.2, -0.15) is 0 Å². The maximum atomic E-state index is 11.5. The summed E-state index contributed by atoms with van der Waals surface area (Å²) in [5, 5.41) is 2.62. The molecule has 1 unspecified atom stereocenters. The van der Waals surface area contributed by atoms with Crippen LogP contribution in [0.15, 0.2) is 24.3 Å². The topological polar surface area (TPSA) is 49.4 Å². The Hall–Kier alpha value is -1.84. The SMILES string of the molecule is CNC(=O)CCC(C=O)N1c2ccccc2CC12CC2. The third-order valence-corrected chi connectivity index (χ3v) is 4.54. The van der Waals surface area contributed by atoms with Gasteiger partial charge in [-0.3, -0.25) is 4.79 Å². The molecule has 0 saturated heterocycles. The number of rotatable bonds is 5. The van der Waals surface area contributed by atoms with Crippen molar-refractivity contribution in [2.75, 3.05) is 11.9 Å². The van der Waals surface area contributed by atoms with E-state index in [1.54, 1.807) is 7.05 Å². The number of aldehydes is 1. The van der Waals surface area contributed by atoms with Crippen molar-refractivity contribution in [3.63, 3.8) is 0 Å². The first kappa shape index (κ1) is 13.2. The number of carbonyl (C=O) groups is 2. The molecule has 1 heterocycles. The lowest BCUT2D eigenvalue weighted by Gasteiger charge is -2.33. The van der Waals surface area contributed by atoms with E-state index >= 15 is 0 Å². The molecular weight excluding hydrogens is 252 g/mol. The molecule has 106 valence electrons. The van der Waals surface area contributed by atoms with E-state index in [0.717, 1.165) is 25.5 Å². The number of nitrogens with zero attached hydrogens (tertiary/aromatic N) is 1. The largest absolute Gasteiger partial charge is 0.359 e. The van der Waals surface area contributed by atoms with Crippen molar-refractivity contribution < 1.29 is 9.59 Å². The maximum Gasteiger partial charge on any atom is 0.219 e. The summed E-state index contributed by atoms with van der Waals surface area (Å²) in [7, 11) is 1.63. The van der Waals surface area contributed by atoms with Gasteiger partial charge in [0, 0.05) is 24.7 Å². The summed E-state index contributed by atoms with van der Waals surface area (Å²) in [6, 6.07) is 8.13. The normalized spacial score (nSPS) is 19.6. The average Bonchev–Trinajstić information content (AvgIpc) is 3.15. The van der Waals surface area contributed by atoms with Crippen LogP contribution in [0.5, 0.6) is 0 Å². The first-order valence-electron chi connectivity index (χ1n) is 7.23. The molecule has 4 nitrogen and oxygen atoms in total. The lowest BCUT2D eigenvalue weighted by Crippen LogP contribution is -2.44. The van der Waals surface area contributed by atoms with Crippen molar-refractivity contribution in [2.45, 2.75) is 43.7 Å². The fourth-order valence-corrected chi connectivity index (χ4v) is 3.34. The number of para-hydroxylation sites is 1. The Morgan fingerprint density at radius 2 is 2.20 bits per heavy atom. The number of anilines is 1. The molecule has 0 radical (unpaired) electrons. The van der Waals surface area contributed by atoms with Crippen LogP contribution in [0, 0.1) is 0 Å². The highest BCUT2D eigenvalue weighted by Crippen LogP contribution is 2.54. The zero-order chi connectivity index (χ0) is 14.2. The van der Waals surface area contributed by atoms with Crippen LogP contribution in [0.2, 0.25) is 0 Å². The summed E-state index contributed by atoms with van der Waals surface area (Å²) in [5.74, 6) is -0.00539. The first-order chi connectivity index (χ1) is 9.70. The van der Waals surface area contributed by atoms with E-state index in [1.807, 2.05) is 6.07 Å². The number of nitrogens with one attached hydrogen (secondary N) is 1. The van der Waals surface area contributed by atoms with Crippen LogP contribution in [0.25, 0.3) is 0 Å². The van der Waals surface area contributed by atoms with Gasteiger partial charge in [0.1, 0.15) is 6.29 Å². The highest BCUT2D eigenvalue weighted by Gasteiger charge is 2.54. The predicted molar refractivity (Wildman–Crippen MR) is 77.7 cm³/mol. The van der Waals surface area contributed by atoms with Crippen molar-refractivity contribution in [3.8, 4) is 0 Å². The average molecular weight is 272 g/mol. The zero-order valence-corrected chi connectivity index (χ0v) is 11.8. The Kier molecular flexibility index (Phi) is 3.24. The standard InChI is InChI=1S/C16H20N2O2/c1-17-15(20)7-6-13(11-19)18-14-5-3-2-4-12(14)10-16(18)8-9-16/h2-5,11,13H,6-10H2,1H3,(H,17,20). The number of amides is 1. The Balaban J connectivity index is 1.83. The summed E-state index contributed by atoms with van der Waals surface area (Å²) in [4.78, 5) is 25.2. The number of hydrogen-bond donors (Lipinski definition) is 1. The molecule has 1 aromatic rings. The van der Waals surface area contributed by atoms with Crippen LogP contribution in [-0.2, 0) is 16.0 Å². The number of benzene rings is 1. The number of carbonyl (C=O) groups excluding carboxylic acids is 2. The Labute approximate surface area is 119 Å². The minimum atomic E-state index is -0.196. The molecule has 1 aliphatic heterocycles. The van der Waals surface area contributed by atoms with Gasteiger partial charge in [0.05, 0.1) is 6.04 Å². The van der Waals surface area contributed by atoms with E-state index in [0.29, 0.717) is 12.8 Å². The van der Waals surface area contributed by atoms with Crippen molar-refractivity contribution in [2.24, 2.45) is 0 Å². The summed E-state index contributed by atoms with van der Waals surface area (Å²) in [6.45, 7) is 0. The van der Waals surface area contributed by atoms with Crippen LogP contribution in [0.3, 0.4) is 0 Å². The van der Waals surface area contributed by atoms with Gasteiger partial charge in [-0.05, 0) is 37.3 Å². The number of fused-ring (bicyclic) bond motifs is 1. The molecule has 20 heavy (non-hydrogen) atoms. The predicted octanol–water partition coefficient (Wildman–Crippen LogP) is 1.68.